The van der Waals surface area contributed by atoms with Gasteiger partial charge in [-0.1, -0.05) is 6.07 Å². The van der Waals surface area contributed by atoms with Gasteiger partial charge in [0.1, 0.15) is 5.69 Å². The van der Waals surface area contributed by atoms with Crippen LogP contribution in [0.1, 0.15) is 10.5 Å². The summed E-state index contributed by atoms with van der Waals surface area (Å²) in [6.45, 7) is 0. The van der Waals surface area contributed by atoms with Gasteiger partial charge in [0, 0.05) is 24.1 Å². The number of hydrogen-bond donors (Lipinski definition) is 2. The molecular formula is C14H9F2N3O2. The molecule has 3 N–H and O–H groups in total. The van der Waals surface area contributed by atoms with E-state index in [0.717, 1.165) is 12.3 Å². The van der Waals surface area contributed by atoms with E-state index in [4.69, 9.17) is 10.5 Å². The molecule has 0 unspecified atom stereocenters. The van der Waals surface area contributed by atoms with Crippen LogP contribution in [0.5, 0.6) is 5.75 Å². The zero-order chi connectivity index (χ0) is 15.0. The normalized spacial score (nSPS) is 10.8. The molecule has 0 atom stereocenters. The Hall–Kier alpha value is -2.96. The van der Waals surface area contributed by atoms with E-state index in [2.05, 4.69) is 9.97 Å². The molecule has 7 heteroatoms. The van der Waals surface area contributed by atoms with Crippen LogP contribution in [0.4, 0.5) is 14.5 Å². The van der Waals surface area contributed by atoms with Gasteiger partial charge < -0.3 is 15.5 Å². The maximum Gasteiger partial charge on any atom is 0.362 e. The number of nitrogens with zero attached hydrogens (tertiary/aromatic N) is 1. The number of aromatic nitrogens is 2. The number of pyridine rings is 1. The number of anilines is 1. The minimum absolute atomic E-state index is 0.0215. The molecule has 0 saturated carbocycles. The lowest BCUT2D eigenvalue weighted by Crippen LogP contribution is -2.11. The molecule has 106 valence electrons. The second-order valence-electron chi connectivity index (χ2n) is 4.27. The van der Waals surface area contributed by atoms with E-state index < -0.39 is 23.4 Å². The third-order valence-corrected chi connectivity index (χ3v) is 2.92. The quantitative estimate of drug-likeness (QED) is 0.432. The lowest BCUT2D eigenvalue weighted by atomic mass is 10.2. The van der Waals surface area contributed by atoms with E-state index in [1.807, 2.05) is 0 Å². The van der Waals surface area contributed by atoms with Crippen molar-refractivity contribution in [2.45, 2.75) is 0 Å². The number of rotatable bonds is 2. The number of halogens is 2. The second kappa shape index (κ2) is 4.86. The van der Waals surface area contributed by atoms with Crippen molar-refractivity contribution in [1.29, 1.82) is 0 Å². The number of benzene rings is 1. The second-order valence-corrected chi connectivity index (χ2v) is 4.27. The van der Waals surface area contributed by atoms with Crippen molar-refractivity contribution in [1.82, 2.24) is 9.97 Å². The van der Waals surface area contributed by atoms with Gasteiger partial charge >= 0.3 is 5.97 Å². The number of nitrogens with two attached hydrogens (primary N) is 1. The average molecular weight is 289 g/mol. The van der Waals surface area contributed by atoms with Crippen molar-refractivity contribution < 1.29 is 18.3 Å². The highest BCUT2D eigenvalue weighted by Crippen LogP contribution is 2.32. The Bertz CT molecular complexity index is 831. The molecule has 0 bridgehead atoms. The summed E-state index contributed by atoms with van der Waals surface area (Å²) in [6.07, 6.45) is 2.39. The molecule has 0 radical (unpaired) electrons. The summed E-state index contributed by atoms with van der Waals surface area (Å²) in [6, 6.07) is 5.72. The molecule has 21 heavy (non-hydrogen) atoms. The molecular weight excluding hydrogens is 280 g/mol. The smallest absolute Gasteiger partial charge is 0.362 e. The zero-order valence-electron chi connectivity index (χ0n) is 10.6. The number of ether oxygens (including phenoxy) is 1. The summed E-state index contributed by atoms with van der Waals surface area (Å²) >= 11 is 0. The topological polar surface area (TPSA) is 81.0 Å². The maximum atomic E-state index is 14.2. The molecule has 0 aliphatic rings. The highest BCUT2D eigenvalue weighted by molar-refractivity contribution is 5.95. The summed E-state index contributed by atoms with van der Waals surface area (Å²) in [4.78, 5) is 18.1. The predicted octanol–water partition coefficient (Wildman–Crippen LogP) is 2.64. The predicted molar refractivity (Wildman–Crippen MR) is 71.8 cm³/mol. The SMILES string of the molecule is Nc1cc(OC(=O)c2ccccn2)c(F)c2[nH]cc(F)c12. The third-order valence-electron chi connectivity index (χ3n) is 2.92. The Kier molecular flexibility index (Phi) is 3.02. The summed E-state index contributed by atoms with van der Waals surface area (Å²) in [5.74, 6) is -2.80. The van der Waals surface area contributed by atoms with Gasteiger partial charge in [-0.3, -0.25) is 0 Å². The summed E-state index contributed by atoms with van der Waals surface area (Å²) in [5.41, 5.74) is 5.48. The Morgan fingerprint density at radius 3 is 2.86 bits per heavy atom. The van der Waals surface area contributed by atoms with E-state index >= 15 is 0 Å². The lowest BCUT2D eigenvalue weighted by molar-refractivity contribution is 0.0722. The molecule has 3 rings (SSSR count). The molecule has 2 aromatic heterocycles. The first-order valence-corrected chi connectivity index (χ1v) is 5.95. The molecule has 0 aliphatic heterocycles. The van der Waals surface area contributed by atoms with Crippen LogP contribution in [0.15, 0.2) is 36.7 Å². The Labute approximate surface area is 117 Å². The maximum absolute atomic E-state index is 14.2. The third kappa shape index (κ3) is 2.18. The minimum atomic E-state index is -0.896. The number of esters is 1. The summed E-state index contributed by atoms with van der Waals surface area (Å²) in [5, 5.41) is -0.0786. The van der Waals surface area contributed by atoms with E-state index in [1.165, 1.54) is 12.3 Å². The molecule has 2 heterocycles. The molecule has 0 amide bonds. The van der Waals surface area contributed by atoms with Crippen LogP contribution in [0, 0.1) is 11.6 Å². The fraction of sp³-hybridized carbons (Fsp3) is 0. The van der Waals surface area contributed by atoms with Crippen LogP contribution in [0.2, 0.25) is 0 Å². The molecule has 0 fully saturated rings. The largest absolute Gasteiger partial charge is 0.418 e. The van der Waals surface area contributed by atoms with Crippen molar-refractivity contribution in [3.05, 3.63) is 54.0 Å². The Balaban J connectivity index is 2.02. The van der Waals surface area contributed by atoms with Crippen LogP contribution in [0.25, 0.3) is 10.9 Å². The fourth-order valence-corrected chi connectivity index (χ4v) is 1.96. The number of carbonyl (C=O) groups is 1. The number of carbonyl (C=O) groups excluding carboxylic acids is 1. The number of H-pyrrole nitrogens is 1. The summed E-state index contributed by atoms with van der Waals surface area (Å²) in [7, 11) is 0. The van der Waals surface area contributed by atoms with Gasteiger partial charge in [-0.05, 0) is 12.1 Å². The van der Waals surface area contributed by atoms with E-state index in [9.17, 15) is 13.6 Å². The number of aromatic amines is 1. The van der Waals surface area contributed by atoms with E-state index in [1.54, 1.807) is 12.1 Å². The monoisotopic (exact) mass is 289 g/mol. The van der Waals surface area contributed by atoms with Gasteiger partial charge in [0.05, 0.1) is 10.9 Å². The molecule has 1 aromatic carbocycles. The highest BCUT2D eigenvalue weighted by atomic mass is 19.1. The fourth-order valence-electron chi connectivity index (χ4n) is 1.96. The molecule has 3 aromatic rings. The number of fused-ring (bicyclic) bond motifs is 1. The van der Waals surface area contributed by atoms with Crippen molar-refractivity contribution >= 4 is 22.6 Å². The van der Waals surface area contributed by atoms with Gasteiger partial charge in [-0.15, -0.1) is 0 Å². The minimum Gasteiger partial charge on any atom is -0.418 e. The number of hydrogen-bond acceptors (Lipinski definition) is 4. The standard InChI is InChI=1S/C14H9F2N3O2/c15-7-6-19-13-11(7)8(17)5-10(12(13)16)21-14(20)9-3-1-2-4-18-9/h1-6,19H,17H2. The van der Waals surface area contributed by atoms with Crippen molar-refractivity contribution in [3.8, 4) is 5.75 Å². The number of nitrogen functional groups attached to an aromatic ring is 1. The van der Waals surface area contributed by atoms with Crippen molar-refractivity contribution in [2.24, 2.45) is 0 Å². The first kappa shape index (κ1) is 13.0. The average Bonchev–Trinajstić information content (AvgIpc) is 2.88. The summed E-state index contributed by atoms with van der Waals surface area (Å²) < 4.78 is 32.6. The van der Waals surface area contributed by atoms with E-state index in [0.29, 0.717) is 0 Å². The van der Waals surface area contributed by atoms with Gasteiger partial charge in [0.15, 0.2) is 17.4 Å². The van der Waals surface area contributed by atoms with Gasteiger partial charge in [0.25, 0.3) is 0 Å². The van der Waals surface area contributed by atoms with Crippen LogP contribution in [0.3, 0.4) is 0 Å². The molecule has 0 saturated heterocycles. The first-order chi connectivity index (χ1) is 10.1. The Morgan fingerprint density at radius 2 is 2.14 bits per heavy atom. The van der Waals surface area contributed by atoms with Gasteiger partial charge in [-0.25, -0.2) is 18.6 Å². The molecule has 5 nitrogen and oxygen atoms in total. The molecule has 0 spiro atoms. The number of nitrogens with one attached hydrogen (secondary N) is 1. The van der Waals surface area contributed by atoms with Crippen LogP contribution in [-0.4, -0.2) is 15.9 Å². The van der Waals surface area contributed by atoms with Gasteiger partial charge in [0.2, 0.25) is 0 Å². The lowest BCUT2D eigenvalue weighted by Gasteiger charge is -2.07. The van der Waals surface area contributed by atoms with Crippen LogP contribution >= 0.6 is 0 Å². The van der Waals surface area contributed by atoms with Gasteiger partial charge in [-0.2, -0.15) is 0 Å². The Morgan fingerprint density at radius 1 is 1.33 bits per heavy atom. The molecule has 0 aliphatic carbocycles. The van der Waals surface area contributed by atoms with Crippen molar-refractivity contribution in [2.75, 3.05) is 5.73 Å². The van der Waals surface area contributed by atoms with Crippen LogP contribution in [-0.2, 0) is 0 Å². The van der Waals surface area contributed by atoms with Crippen LogP contribution < -0.4 is 10.5 Å². The first-order valence-electron chi connectivity index (χ1n) is 5.95. The highest BCUT2D eigenvalue weighted by Gasteiger charge is 2.19. The zero-order valence-corrected chi connectivity index (χ0v) is 10.6. The van der Waals surface area contributed by atoms with E-state index in [-0.39, 0.29) is 22.3 Å². The van der Waals surface area contributed by atoms with Crippen molar-refractivity contribution in [3.63, 3.8) is 0 Å².